The van der Waals surface area contributed by atoms with E-state index in [4.69, 9.17) is 4.74 Å². The Bertz CT molecular complexity index is 965. The number of hydrogen-bond acceptors (Lipinski definition) is 4. The molecule has 0 unspecified atom stereocenters. The second-order valence-corrected chi connectivity index (χ2v) is 6.66. The van der Waals surface area contributed by atoms with Gasteiger partial charge < -0.3 is 9.84 Å². The molecule has 0 aliphatic heterocycles. The second kappa shape index (κ2) is 7.19. The first-order chi connectivity index (χ1) is 13.1. The Morgan fingerprint density at radius 2 is 2.04 bits per heavy atom. The standard InChI is InChI=1S/C20H18FN3O3/c21-17-5-3-14(4-6-17)12-27-19-16(9-13-1-2-13)11-23-24(19)18-10-15(20(25)26)7-8-22-18/h3-8,10-11,13H,1-2,9,12H2,(H,25,26). The van der Waals surface area contributed by atoms with E-state index in [1.807, 2.05) is 0 Å². The van der Waals surface area contributed by atoms with Gasteiger partial charge in [0.05, 0.1) is 11.8 Å². The van der Waals surface area contributed by atoms with Crippen LogP contribution in [0.1, 0.15) is 34.3 Å². The largest absolute Gasteiger partial charge is 0.478 e. The number of pyridine rings is 1. The van der Waals surface area contributed by atoms with Crippen LogP contribution in [0.25, 0.3) is 5.82 Å². The Morgan fingerprint density at radius 3 is 2.74 bits per heavy atom. The van der Waals surface area contributed by atoms with Gasteiger partial charge in [-0.25, -0.2) is 14.2 Å². The predicted octanol–water partition coefficient (Wildman–Crippen LogP) is 3.64. The first kappa shape index (κ1) is 17.2. The Morgan fingerprint density at radius 1 is 1.26 bits per heavy atom. The maximum absolute atomic E-state index is 13.1. The minimum Gasteiger partial charge on any atom is -0.478 e. The number of halogens is 1. The van der Waals surface area contributed by atoms with E-state index in [0.29, 0.717) is 17.6 Å². The molecule has 1 saturated carbocycles. The summed E-state index contributed by atoms with van der Waals surface area (Å²) in [7, 11) is 0. The molecule has 27 heavy (non-hydrogen) atoms. The lowest BCUT2D eigenvalue weighted by Crippen LogP contribution is -2.08. The number of benzene rings is 1. The number of ether oxygens (including phenoxy) is 1. The number of carboxylic acid groups (broad SMARTS) is 1. The van der Waals surface area contributed by atoms with Gasteiger partial charge in [0.1, 0.15) is 12.4 Å². The normalized spacial score (nSPS) is 13.5. The van der Waals surface area contributed by atoms with Gasteiger partial charge in [-0.15, -0.1) is 0 Å². The van der Waals surface area contributed by atoms with E-state index in [-0.39, 0.29) is 18.0 Å². The van der Waals surface area contributed by atoms with Crippen molar-refractivity contribution in [3.8, 4) is 11.7 Å². The summed E-state index contributed by atoms with van der Waals surface area (Å²) >= 11 is 0. The van der Waals surface area contributed by atoms with Crippen molar-refractivity contribution in [1.29, 1.82) is 0 Å². The average molecular weight is 367 g/mol. The van der Waals surface area contributed by atoms with Crippen LogP contribution in [0.3, 0.4) is 0 Å². The Kier molecular flexibility index (Phi) is 4.58. The van der Waals surface area contributed by atoms with Crippen LogP contribution in [0.15, 0.2) is 48.8 Å². The van der Waals surface area contributed by atoms with Gasteiger partial charge in [0, 0.05) is 11.8 Å². The molecular formula is C20H18FN3O3. The smallest absolute Gasteiger partial charge is 0.335 e. The van der Waals surface area contributed by atoms with E-state index in [1.54, 1.807) is 18.3 Å². The van der Waals surface area contributed by atoms with Gasteiger partial charge in [-0.1, -0.05) is 12.1 Å². The molecule has 1 fully saturated rings. The molecule has 1 aliphatic carbocycles. The molecule has 0 spiro atoms. The third-order valence-corrected chi connectivity index (χ3v) is 4.50. The van der Waals surface area contributed by atoms with Crippen LogP contribution in [-0.2, 0) is 13.0 Å². The third-order valence-electron chi connectivity index (χ3n) is 4.50. The molecule has 0 saturated heterocycles. The van der Waals surface area contributed by atoms with Gasteiger partial charge in [0.2, 0.25) is 5.88 Å². The van der Waals surface area contributed by atoms with Crippen molar-refractivity contribution >= 4 is 5.97 Å². The SMILES string of the molecule is O=C(O)c1ccnc(-n2ncc(CC3CC3)c2OCc2ccc(F)cc2)c1. The summed E-state index contributed by atoms with van der Waals surface area (Å²) in [6, 6.07) is 9.00. The fourth-order valence-electron chi connectivity index (χ4n) is 2.86. The molecule has 2 aromatic heterocycles. The molecule has 6 nitrogen and oxygen atoms in total. The van der Waals surface area contributed by atoms with Crippen LogP contribution in [0.5, 0.6) is 5.88 Å². The zero-order valence-corrected chi connectivity index (χ0v) is 14.5. The summed E-state index contributed by atoms with van der Waals surface area (Å²) in [5.41, 5.74) is 1.92. The highest BCUT2D eigenvalue weighted by Crippen LogP contribution is 2.36. The van der Waals surface area contributed by atoms with Crippen molar-refractivity contribution in [2.75, 3.05) is 0 Å². The van der Waals surface area contributed by atoms with Gasteiger partial charge in [0.25, 0.3) is 0 Å². The molecule has 0 atom stereocenters. The topological polar surface area (TPSA) is 77.2 Å². The predicted molar refractivity (Wildman–Crippen MR) is 95.5 cm³/mol. The number of nitrogens with zero attached hydrogens (tertiary/aromatic N) is 3. The minimum absolute atomic E-state index is 0.128. The molecule has 0 bridgehead atoms. The zero-order chi connectivity index (χ0) is 18.8. The quantitative estimate of drug-likeness (QED) is 0.690. The van der Waals surface area contributed by atoms with Gasteiger partial charge in [-0.2, -0.15) is 9.78 Å². The second-order valence-electron chi connectivity index (χ2n) is 6.66. The molecule has 2 heterocycles. The monoisotopic (exact) mass is 367 g/mol. The Hall–Kier alpha value is -3.22. The van der Waals surface area contributed by atoms with E-state index in [0.717, 1.165) is 17.5 Å². The number of aromatic carboxylic acids is 1. The van der Waals surface area contributed by atoms with Crippen LogP contribution < -0.4 is 4.74 Å². The van der Waals surface area contributed by atoms with E-state index in [1.165, 1.54) is 48.0 Å². The molecule has 0 amide bonds. The van der Waals surface area contributed by atoms with Crippen molar-refractivity contribution in [3.05, 3.63) is 71.3 Å². The summed E-state index contributed by atoms with van der Waals surface area (Å²) < 4.78 is 20.6. The zero-order valence-electron chi connectivity index (χ0n) is 14.5. The number of carboxylic acids is 1. The van der Waals surface area contributed by atoms with Crippen molar-refractivity contribution in [2.45, 2.75) is 25.9 Å². The van der Waals surface area contributed by atoms with Crippen molar-refractivity contribution < 1.29 is 19.0 Å². The Labute approximate surface area is 155 Å². The van der Waals surface area contributed by atoms with Gasteiger partial charge in [-0.3, -0.25) is 0 Å². The third kappa shape index (κ3) is 3.97. The summed E-state index contributed by atoms with van der Waals surface area (Å²) in [6.07, 6.45) is 6.42. The summed E-state index contributed by atoms with van der Waals surface area (Å²) in [6.45, 7) is 0.252. The van der Waals surface area contributed by atoms with Crippen LogP contribution in [-0.4, -0.2) is 25.8 Å². The van der Waals surface area contributed by atoms with E-state index in [9.17, 15) is 14.3 Å². The highest BCUT2D eigenvalue weighted by Gasteiger charge is 2.26. The molecule has 1 aliphatic rings. The number of hydrogen-bond donors (Lipinski definition) is 1. The fourth-order valence-corrected chi connectivity index (χ4v) is 2.86. The highest BCUT2D eigenvalue weighted by molar-refractivity contribution is 5.87. The van der Waals surface area contributed by atoms with Crippen LogP contribution in [0, 0.1) is 11.7 Å². The average Bonchev–Trinajstić information content (AvgIpc) is 3.40. The molecule has 1 N–H and O–H groups in total. The van der Waals surface area contributed by atoms with Gasteiger partial charge in [0.15, 0.2) is 5.82 Å². The maximum atomic E-state index is 13.1. The van der Waals surface area contributed by atoms with E-state index in [2.05, 4.69) is 10.1 Å². The van der Waals surface area contributed by atoms with Crippen LogP contribution in [0.4, 0.5) is 4.39 Å². The fraction of sp³-hybridized carbons (Fsp3) is 0.250. The molecule has 1 aromatic carbocycles. The number of rotatable bonds is 7. The molecule has 0 radical (unpaired) electrons. The summed E-state index contributed by atoms with van der Waals surface area (Å²) in [5, 5.41) is 13.6. The van der Waals surface area contributed by atoms with Gasteiger partial charge in [-0.05, 0) is 55.0 Å². The van der Waals surface area contributed by atoms with Crippen molar-refractivity contribution in [3.63, 3.8) is 0 Å². The highest BCUT2D eigenvalue weighted by atomic mass is 19.1. The lowest BCUT2D eigenvalue weighted by Gasteiger charge is -2.11. The molecule has 138 valence electrons. The van der Waals surface area contributed by atoms with Gasteiger partial charge >= 0.3 is 5.97 Å². The molecular weight excluding hydrogens is 349 g/mol. The van der Waals surface area contributed by atoms with Crippen LogP contribution in [0.2, 0.25) is 0 Å². The van der Waals surface area contributed by atoms with Crippen molar-refractivity contribution in [1.82, 2.24) is 14.8 Å². The number of aromatic nitrogens is 3. The van der Waals surface area contributed by atoms with E-state index < -0.39 is 5.97 Å². The van der Waals surface area contributed by atoms with Crippen molar-refractivity contribution in [2.24, 2.45) is 5.92 Å². The van der Waals surface area contributed by atoms with E-state index >= 15 is 0 Å². The summed E-state index contributed by atoms with van der Waals surface area (Å²) in [4.78, 5) is 15.5. The molecule has 3 aromatic rings. The summed E-state index contributed by atoms with van der Waals surface area (Å²) in [5.74, 6) is 0.229. The maximum Gasteiger partial charge on any atom is 0.335 e. The molecule has 7 heteroatoms. The first-order valence-corrected chi connectivity index (χ1v) is 8.74. The Balaban J connectivity index is 1.64. The minimum atomic E-state index is -1.03. The lowest BCUT2D eigenvalue weighted by atomic mass is 10.2. The van der Waals surface area contributed by atoms with Crippen LogP contribution >= 0.6 is 0 Å². The first-order valence-electron chi connectivity index (χ1n) is 8.74. The lowest BCUT2D eigenvalue weighted by molar-refractivity contribution is 0.0696. The molecule has 4 rings (SSSR count). The number of carbonyl (C=O) groups is 1.